The van der Waals surface area contributed by atoms with Gasteiger partial charge in [0, 0.05) is 30.3 Å². The minimum atomic E-state index is -3.89. The van der Waals surface area contributed by atoms with E-state index in [9.17, 15) is 18.5 Å². The molecular formula is C14H21Cl2N3O4S. The fourth-order valence-electron chi connectivity index (χ4n) is 2.87. The summed E-state index contributed by atoms with van der Waals surface area (Å²) in [5, 5.41) is 11.2. The molecule has 2 atom stereocenters. The van der Waals surface area contributed by atoms with E-state index in [0.717, 1.165) is 18.9 Å². The van der Waals surface area contributed by atoms with Gasteiger partial charge in [-0.1, -0.05) is 18.0 Å². The van der Waals surface area contributed by atoms with Crippen molar-refractivity contribution in [2.45, 2.75) is 50.1 Å². The molecule has 2 unspecified atom stereocenters. The third kappa shape index (κ3) is 4.00. The molecule has 2 rings (SSSR count). The lowest BCUT2D eigenvalue weighted by atomic mass is 10.00. The largest absolute Gasteiger partial charge is 0.326 e. The van der Waals surface area contributed by atoms with Gasteiger partial charge in [-0.25, -0.2) is 8.42 Å². The molecule has 0 bridgehead atoms. The van der Waals surface area contributed by atoms with E-state index in [1.54, 1.807) is 6.92 Å². The molecule has 0 aliphatic carbocycles. The highest BCUT2D eigenvalue weighted by atomic mass is 35.5. The first-order chi connectivity index (χ1) is 10.7. The maximum absolute atomic E-state index is 12.9. The van der Waals surface area contributed by atoms with Gasteiger partial charge in [-0.2, -0.15) is 4.31 Å². The zero-order chi connectivity index (χ0) is 17.4. The summed E-state index contributed by atoms with van der Waals surface area (Å²) in [5.41, 5.74) is 5.87. The average Bonchev–Trinajstić information content (AvgIpc) is 2.49. The van der Waals surface area contributed by atoms with Crippen LogP contribution < -0.4 is 5.73 Å². The SMILES string of the molecule is Cc1c(Cl)cc(S(=O)(=O)N2CCCCC2C(C)N)cc1[N+](=O)[O-].Cl. The lowest BCUT2D eigenvalue weighted by Gasteiger charge is -2.36. The molecule has 1 aliphatic rings. The third-order valence-electron chi connectivity index (χ3n) is 4.20. The standard InChI is InChI=1S/C14H20ClN3O4S.ClH/c1-9-12(15)7-11(8-14(9)18(19)20)23(21,22)17-6-4-3-5-13(17)10(2)16;/h7-8,10,13H,3-6,16H2,1-2H3;1H. The van der Waals surface area contributed by atoms with Crippen molar-refractivity contribution in [2.75, 3.05) is 6.54 Å². The predicted octanol–water partition coefficient (Wildman–Crippen LogP) is 2.87. The monoisotopic (exact) mass is 397 g/mol. The Morgan fingerprint density at radius 2 is 2.04 bits per heavy atom. The van der Waals surface area contributed by atoms with Crippen molar-refractivity contribution in [3.05, 3.63) is 32.8 Å². The van der Waals surface area contributed by atoms with Crippen LogP contribution >= 0.6 is 24.0 Å². The van der Waals surface area contributed by atoms with Crippen LogP contribution in [0.2, 0.25) is 5.02 Å². The van der Waals surface area contributed by atoms with Gasteiger partial charge < -0.3 is 5.73 Å². The topological polar surface area (TPSA) is 107 Å². The average molecular weight is 398 g/mol. The van der Waals surface area contributed by atoms with Crippen LogP contribution in [0, 0.1) is 17.0 Å². The molecule has 0 aromatic heterocycles. The molecule has 1 saturated heterocycles. The highest BCUT2D eigenvalue weighted by Crippen LogP contribution is 2.33. The summed E-state index contributed by atoms with van der Waals surface area (Å²) < 4.78 is 27.2. The smallest absolute Gasteiger partial charge is 0.275 e. The Labute approximate surface area is 152 Å². The number of nitrogens with zero attached hydrogens (tertiary/aromatic N) is 2. The number of nitrogens with two attached hydrogens (primary N) is 1. The molecule has 0 radical (unpaired) electrons. The van der Waals surface area contributed by atoms with Crippen molar-refractivity contribution in [1.29, 1.82) is 0 Å². The normalized spacial score (nSPS) is 20.2. The van der Waals surface area contributed by atoms with E-state index in [0.29, 0.717) is 13.0 Å². The first-order valence-corrected chi connectivity index (χ1v) is 9.20. The Balaban J connectivity index is 0.00000288. The van der Waals surface area contributed by atoms with E-state index in [2.05, 4.69) is 0 Å². The summed E-state index contributed by atoms with van der Waals surface area (Å²) in [4.78, 5) is 10.3. The van der Waals surface area contributed by atoms with E-state index < -0.39 is 14.9 Å². The van der Waals surface area contributed by atoms with Crippen molar-refractivity contribution >= 4 is 39.7 Å². The number of rotatable bonds is 4. The van der Waals surface area contributed by atoms with Crippen molar-refractivity contribution in [2.24, 2.45) is 5.73 Å². The lowest BCUT2D eigenvalue weighted by Crippen LogP contribution is -2.51. The van der Waals surface area contributed by atoms with Gasteiger partial charge >= 0.3 is 0 Å². The first-order valence-electron chi connectivity index (χ1n) is 7.38. The van der Waals surface area contributed by atoms with E-state index in [1.807, 2.05) is 0 Å². The van der Waals surface area contributed by atoms with Gasteiger partial charge in [0.2, 0.25) is 10.0 Å². The van der Waals surface area contributed by atoms with Gasteiger partial charge in [-0.15, -0.1) is 12.4 Å². The van der Waals surface area contributed by atoms with Gasteiger partial charge in [-0.3, -0.25) is 10.1 Å². The van der Waals surface area contributed by atoms with Crippen molar-refractivity contribution in [3.8, 4) is 0 Å². The van der Waals surface area contributed by atoms with Crippen LogP contribution in [-0.2, 0) is 10.0 Å². The van der Waals surface area contributed by atoms with Gasteiger partial charge in [0.25, 0.3) is 5.69 Å². The number of nitro groups is 1. The zero-order valence-electron chi connectivity index (χ0n) is 13.4. The number of piperidine rings is 1. The van der Waals surface area contributed by atoms with Crippen molar-refractivity contribution < 1.29 is 13.3 Å². The van der Waals surface area contributed by atoms with E-state index in [1.165, 1.54) is 17.3 Å². The highest BCUT2D eigenvalue weighted by molar-refractivity contribution is 7.89. The molecule has 0 amide bonds. The van der Waals surface area contributed by atoms with E-state index >= 15 is 0 Å². The number of halogens is 2. The van der Waals surface area contributed by atoms with Crippen LogP contribution in [-0.4, -0.2) is 36.3 Å². The molecule has 1 aromatic carbocycles. The van der Waals surface area contributed by atoms with E-state index in [4.69, 9.17) is 17.3 Å². The molecule has 7 nitrogen and oxygen atoms in total. The number of hydrogen-bond donors (Lipinski definition) is 1. The van der Waals surface area contributed by atoms with Crippen LogP contribution in [0.4, 0.5) is 5.69 Å². The van der Waals surface area contributed by atoms with Gasteiger partial charge in [0.15, 0.2) is 0 Å². The zero-order valence-corrected chi connectivity index (χ0v) is 15.8. The minimum absolute atomic E-state index is 0. The second kappa shape index (κ2) is 7.97. The second-order valence-corrected chi connectivity index (χ2v) is 8.14. The summed E-state index contributed by atoms with van der Waals surface area (Å²) in [6, 6.07) is 1.71. The molecule has 136 valence electrons. The third-order valence-corrected chi connectivity index (χ3v) is 6.49. The quantitative estimate of drug-likeness (QED) is 0.620. The molecule has 1 heterocycles. The Morgan fingerprint density at radius 1 is 1.42 bits per heavy atom. The van der Waals surface area contributed by atoms with Crippen LogP contribution in [0.3, 0.4) is 0 Å². The van der Waals surface area contributed by atoms with Gasteiger partial charge in [0.05, 0.1) is 14.8 Å². The van der Waals surface area contributed by atoms with Crippen LogP contribution in [0.15, 0.2) is 17.0 Å². The van der Waals surface area contributed by atoms with Gasteiger partial charge in [0.1, 0.15) is 0 Å². The molecule has 1 aromatic rings. The Kier molecular flexibility index (Phi) is 7.01. The maximum Gasteiger partial charge on any atom is 0.275 e. The van der Waals surface area contributed by atoms with Gasteiger partial charge in [-0.05, 0) is 32.8 Å². The minimum Gasteiger partial charge on any atom is -0.326 e. The molecule has 2 N–H and O–H groups in total. The van der Waals surface area contributed by atoms with Crippen LogP contribution in [0.5, 0.6) is 0 Å². The number of sulfonamides is 1. The molecule has 1 fully saturated rings. The number of nitro benzene ring substituents is 1. The second-order valence-electron chi connectivity index (χ2n) is 5.84. The Morgan fingerprint density at radius 3 is 2.58 bits per heavy atom. The first kappa shape index (κ1) is 21.1. The molecule has 0 spiro atoms. The van der Waals surface area contributed by atoms with Crippen LogP contribution in [0.1, 0.15) is 31.7 Å². The Bertz CT molecular complexity index is 725. The fraction of sp³-hybridized carbons (Fsp3) is 0.571. The molecular weight excluding hydrogens is 377 g/mol. The molecule has 0 saturated carbocycles. The number of benzene rings is 1. The summed E-state index contributed by atoms with van der Waals surface area (Å²) in [5.74, 6) is 0. The summed E-state index contributed by atoms with van der Waals surface area (Å²) in [7, 11) is -3.89. The number of hydrogen-bond acceptors (Lipinski definition) is 5. The predicted molar refractivity (Wildman–Crippen MR) is 95.3 cm³/mol. The fourth-order valence-corrected chi connectivity index (χ4v) is 4.97. The molecule has 1 aliphatic heterocycles. The van der Waals surface area contributed by atoms with Crippen LogP contribution in [0.25, 0.3) is 0 Å². The molecule has 24 heavy (non-hydrogen) atoms. The Hall–Kier alpha value is -0.930. The molecule has 10 heteroatoms. The summed E-state index contributed by atoms with van der Waals surface area (Å²) in [6.07, 6.45) is 2.33. The van der Waals surface area contributed by atoms with Crippen molar-refractivity contribution in [3.63, 3.8) is 0 Å². The van der Waals surface area contributed by atoms with E-state index in [-0.39, 0.29) is 45.7 Å². The lowest BCUT2D eigenvalue weighted by molar-refractivity contribution is -0.385. The van der Waals surface area contributed by atoms with Crippen molar-refractivity contribution in [1.82, 2.24) is 4.31 Å². The summed E-state index contributed by atoms with van der Waals surface area (Å²) >= 11 is 5.99. The maximum atomic E-state index is 12.9. The summed E-state index contributed by atoms with van der Waals surface area (Å²) in [6.45, 7) is 3.61. The highest BCUT2D eigenvalue weighted by Gasteiger charge is 2.36.